The molecule has 0 aliphatic rings. The summed E-state index contributed by atoms with van der Waals surface area (Å²) >= 11 is 0. The van der Waals surface area contributed by atoms with E-state index in [1.165, 1.54) is 20.2 Å². The number of sulfonamides is 1. The largest absolute Gasteiger partial charge is 0.478 e. The molecule has 0 bridgehead atoms. The Morgan fingerprint density at radius 1 is 1.38 bits per heavy atom. The summed E-state index contributed by atoms with van der Waals surface area (Å²) in [5.41, 5.74) is 5.26. The minimum Gasteiger partial charge on any atom is -0.478 e. The smallest absolute Gasteiger partial charge is 0.337 e. The number of rotatable bonds is 6. The van der Waals surface area contributed by atoms with E-state index in [1.807, 2.05) is 0 Å². The Morgan fingerprint density at radius 2 is 2.00 bits per heavy atom. The molecule has 0 amide bonds. The number of benzene rings is 1. The van der Waals surface area contributed by atoms with Gasteiger partial charge in [0.05, 0.1) is 24.0 Å². The number of esters is 1. The van der Waals surface area contributed by atoms with Crippen molar-refractivity contribution in [3.8, 4) is 0 Å². The molecule has 0 unspecified atom stereocenters. The van der Waals surface area contributed by atoms with Crippen molar-refractivity contribution >= 4 is 27.6 Å². The molecule has 0 saturated heterocycles. The first-order chi connectivity index (χ1) is 9.70. The monoisotopic (exact) mass is 316 g/mol. The highest BCUT2D eigenvalue weighted by atomic mass is 32.2. The Hall–Kier alpha value is -2.13. The molecule has 1 rings (SSSR count). The van der Waals surface area contributed by atoms with Gasteiger partial charge >= 0.3 is 11.9 Å². The van der Waals surface area contributed by atoms with Gasteiger partial charge in [-0.25, -0.2) is 17.5 Å². The molecule has 0 heterocycles. The summed E-state index contributed by atoms with van der Waals surface area (Å²) in [5, 5.41) is 9.06. The predicted octanol–water partition coefficient (Wildman–Crippen LogP) is 0.151. The average molecular weight is 316 g/mol. The van der Waals surface area contributed by atoms with E-state index < -0.39 is 26.9 Å². The molecule has 0 aliphatic carbocycles. The van der Waals surface area contributed by atoms with Crippen LogP contribution >= 0.6 is 0 Å². The topological polar surface area (TPSA) is 127 Å². The molecule has 0 spiro atoms. The summed E-state index contributed by atoms with van der Waals surface area (Å²) in [6, 6.07) is 3.50. The summed E-state index contributed by atoms with van der Waals surface area (Å²) in [7, 11) is -1.64. The standard InChI is InChI=1S/C12H16N2O6S/c1-14(6-5-11(15)20-2)21(18,19)10-7-8(13)3-4-9(10)12(16)17/h3-4,7H,5-6,13H2,1-2H3,(H,16,17). The normalized spacial score (nSPS) is 11.4. The van der Waals surface area contributed by atoms with Crippen LogP contribution in [0.25, 0.3) is 0 Å². The summed E-state index contributed by atoms with van der Waals surface area (Å²) in [6.45, 7) is -0.136. The second-order valence-corrected chi connectivity index (χ2v) is 6.23. The van der Waals surface area contributed by atoms with Crippen LogP contribution < -0.4 is 5.73 Å². The number of carbonyl (C=O) groups is 2. The predicted molar refractivity (Wildman–Crippen MR) is 74.3 cm³/mol. The Morgan fingerprint density at radius 3 is 2.52 bits per heavy atom. The molecule has 21 heavy (non-hydrogen) atoms. The van der Waals surface area contributed by atoms with E-state index >= 15 is 0 Å². The molecule has 8 nitrogen and oxygen atoms in total. The molecule has 1 aromatic rings. The van der Waals surface area contributed by atoms with Crippen LogP contribution in [0.15, 0.2) is 23.1 Å². The van der Waals surface area contributed by atoms with Gasteiger partial charge in [-0.3, -0.25) is 4.79 Å². The van der Waals surface area contributed by atoms with Crippen LogP contribution in [-0.2, 0) is 19.6 Å². The Kier molecular flexibility index (Phi) is 5.28. The highest BCUT2D eigenvalue weighted by Gasteiger charge is 2.27. The van der Waals surface area contributed by atoms with Gasteiger partial charge in [-0.1, -0.05) is 0 Å². The van der Waals surface area contributed by atoms with Gasteiger partial charge in [0, 0.05) is 19.3 Å². The molecule has 1 aromatic carbocycles. The van der Waals surface area contributed by atoms with E-state index in [-0.39, 0.29) is 24.2 Å². The van der Waals surface area contributed by atoms with Gasteiger partial charge in [0.1, 0.15) is 0 Å². The quantitative estimate of drug-likeness (QED) is 0.565. The van der Waals surface area contributed by atoms with Gasteiger partial charge in [0.15, 0.2) is 0 Å². The van der Waals surface area contributed by atoms with Gasteiger partial charge in [-0.15, -0.1) is 0 Å². The van der Waals surface area contributed by atoms with Gasteiger partial charge in [0.25, 0.3) is 0 Å². The van der Waals surface area contributed by atoms with E-state index in [2.05, 4.69) is 4.74 Å². The number of ether oxygens (including phenoxy) is 1. The van der Waals surface area contributed by atoms with Gasteiger partial charge < -0.3 is 15.6 Å². The number of nitrogen functional groups attached to an aromatic ring is 1. The Labute approximate surface area is 122 Å². The molecule has 0 radical (unpaired) electrons. The molecule has 0 saturated carbocycles. The highest BCUT2D eigenvalue weighted by molar-refractivity contribution is 7.89. The lowest BCUT2D eigenvalue weighted by atomic mass is 10.2. The lowest BCUT2D eigenvalue weighted by molar-refractivity contribution is -0.140. The minimum atomic E-state index is -4.08. The lowest BCUT2D eigenvalue weighted by Crippen LogP contribution is -2.30. The number of methoxy groups -OCH3 is 1. The molecular weight excluding hydrogens is 300 g/mol. The van der Waals surface area contributed by atoms with Crippen molar-refractivity contribution in [2.24, 2.45) is 0 Å². The molecule has 0 atom stereocenters. The van der Waals surface area contributed by atoms with Crippen LogP contribution in [0.2, 0.25) is 0 Å². The number of anilines is 1. The Balaban J connectivity index is 3.15. The molecule has 116 valence electrons. The third-order valence-corrected chi connectivity index (χ3v) is 4.68. The zero-order chi connectivity index (χ0) is 16.2. The fourth-order valence-electron chi connectivity index (χ4n) is 1.57. The fraction of sp³-hybridized carbons (Fsp3) is 0.333. The summed E-state index contributed by atoms with van der Waals surface area (Å²) in [5.74, 6) is -1.95. The first kappa shape index (κ1) is 16.9. The van der Waals surface area contributed by atoms with Gasteiger partial charge in [-0.05, 0) is 18.2 Å². The van der Waals surface area contributed by atoms with Crippen LogP contribution in [0.5, 0.6) is 0 Å². The van der Waals surface area contributed by atoms with E-state index in [1.54, 1.807) is 0 Å². The maximum absolute atomic E-state index is 12.4. The third-order valence-electron chi connectivity index (χ3n) is 2.78. The average Bonchev–Trinajstić information content (AvgIpc) is 2.43. The van der Waals surface area contributed by atoms with Crippen molar-refractivity contribution in [1.29, 1.82) is 0 Å². The summed E-state index contributed by atoms with van der Waals surface area (Å²) < 4.78 is 30.0. The number of carboxylic acids is 1. The first-order valence-electron chi connectivity index (χ1n) is 5.86. The third kappa shape index (κ3) is 3.92. The summed E-state index contributed by atoms with van der Waals surface area (Å²) in [4.78, 5) is 21.8. The van der Waals surface area contributed by atoms with E-state index in [0.717, 1.165) is 16.4 Å². The van der Waals surface area contributed by atoms with Crippen molar-refractivity contribution in [2.45, 2.75) is 11.3 Å². The number of hydrogen-bond donors (Lipinski definition) is 2. The highest BCUT2D eigenvalue weighted by Crippen LogP contribution is 2.22. The number of nitrogens with zero attached hydrogens (tertiary/aromatic N) is 1. The SMILES string of the molecule is COC(=O)CCN(C)S(=O)(=O)c1cc(N)ccc1C(=O)O. The fourth-order valence-corrected chi connectivity index (χ4v) is 2.95. The zero-order valence-electron chi connectivity index (χ0n) is 11.6. The first-order valence-corrected chi connectivity index (χ1v) is 7.30. The van der Waals surface area contributed by atoms with E-state index in [4.69, 9.17) is 10.8 Å². The Bertz CT molecular complexity index is 656. The maximum atomic E-state index is 12.4. The molecule has 0 fully saturated rings. The van der Waals surface area contributed by atoms with Crippen LogP contribution in [0.1, 0.15) is 16.8 Å². The lowest BCUT2D eigenvalue weighted by Gasteiger charge is -2.18. The van der Waals surface area contributed by atoms with E-state index in [0.29, 0.717) is 0 Å². The van der Waals surface area contributed by atoms with Crippen molar-refractivity contribution in [2.75, 3.05) is 26.4 Å². The molecule has 3 N–H and O–H groups in total. The van der Waals surface area contributed by atoms with Crippen LogP contribution in [0, 0.1) is 0 Å². The van der Waals surface area contributed by atoms with Gasteiger partial charge in [0.2, 0.25) is 10.0 Å². The summed E-state index contributed by atoms with van der Waals surface area (Å²) in [6.07, 6.45) is -0.142. The van der Waals surface area contributed by atoms with E-state index in [9.17, 15) is 18.0 Å². The number of aromatic carboxylic acids is 1. The molecule has 0 aromatic heterocycles. The van der Waals surface area contributed by atoms with Crippen molar-refractivity contribution in [1.82, 2.24) is 4.31 Å². The number of carboxylic acid groups (broad SMARTS) is 1. The zero-order valence-corrected chi connectivity index (χ0v) is 12.4. The minimum absolute atomic E-state index is 0.125. The number of carbonyl (C=O) groups excluding carboxylic acids is 1. The second-order valence-electron chi connectivity index (χ2n) is 4.21. The second kappa shape index (κ2) is 6.55. The maximum Gasteiger partial charge on any atom is 0.337 e. The molecule has 9 heteroatoms. The van der Waals surface area contributed by atoms with Crippen molar-refractivity contribution < 1.29 is 27.9 Å². The number of nitrogens with two attached hydrogens (primary N) is 1. The molecular formula is C12H16N2O6S. The van der Waals surface area contributed by atoms with Crippen molar-refractivity contribution in [3.05, 3.63) is 23.8 Å². The van der Waals surface area contributed by atoms with Crippen LogP contribution in [0.4, 0.5) is 5.69 Å². The molecule has 0 aliphatic heterocycles. The van der Waals surface area contributed by atoms with Gasteiger partial charge in [-0.2, -0.15) is 0 Å². The number of hydrogen-bond acceptors (Lipinski definition) is 6. The van der Waals surface area contributed by atoms with Crippen LogP contribution in [0.3, 0.4) is 0 Å². The van der Waals surface area contributed by atoms with Crippen LogP contribution in [-0.4, -0.2) is 50.5 Å². The van der Waals surface area contributed by atoms with Crippen molar-refractivity contribution in [3.63, 3.8) is 0 Å².